The molecule has 0 aliphatic rings. The van der Waals surface area contributed by atoms with Crippen LogP contribution >= 0.6 is 0 Å². The Labute approximate surface area is 367 Å². The van der Waals surface area contributed by atoms with Crippen LogP contribution < -0.4 is 11.5 Å². The number of carbonyl (C=O) groups excluding carboxylic acids is 2. The molecule has 64 heavy (non-hydrogen) atoms. The molecule has 2 amide bonds. The third-order valence-corrected chi connectivity index (χ3v) is 11.0. The summed E-state index contributed by atoms with van der Waals surface area (Å²) in [6, 6.07) is 0. The lowest BCUT2D eigenvalue weighted by Crippen LogP contribution is -2.85. The molecule has 0 rings (SSSR count). The monoisotopic (exact) mass is 950 g/mol. The number of amides is 2. The number of aliphatic hydroxyl groups is 24. The third-order valence-electron chi connectivity index (χ3n) is 11.0. The normalized spacial score (nSPS) is 14.7. The molecule has 28 nitrogen and oxygen atoms in total. The molecule has 0 aromatic rings. The van der Waals surface area contributed by atoms with Gasteiger partial charge in [-0.15, -0.1) is 0 Å². The minimum Gasteiger partial charge on any atom is -0.365 e. The third kappa shape index (κ3) is 13.6. The van der Waals surface area contributed by atoms with Gasteiger partial charge < -0.3 is 134 Å². The number of hydrogen-bond acceptors (Lipinski definition) is 26. The fraction of sp³-hybridized carbons (Fsp3) is 0.944. The highest BCUT2D eigenvalue weighted by molar-refractivity contribution is 5.83. The van der Waals surface area contributed by atoms with Gasteiger partial charge in [0.25, 0.3) is 58.1 Å². The first-order valence-electron chi connectivity index (χ1n) is 20.5. The SMILES string of the molecule is CCCCCCCCCCCC(O)(O)C(O)(O)C(O)(O)C(O)(O)C(O)(O)C(O)(O)C(N)=O.CCCCCCCCCCCC(O)(O)C(O)(O)C(O)(O)C(O)(O)C(O)(O)C(O)(O)C(N)=O. The molecule has 0 aromatic heterocycles. The maximum Gasteiger partial charge on any atom is 0.306 e. The Hall–Kier alpha value is -2.02. The zero-order valence-electron chi connectivity index (χ0n) is 35.8. The van der Waals surface area contributed by atoms with Crippen molar-refractivity contribution < 1.29 is 132 Å². The Kier molecular flexibility index (Phi) is 23.8. The van der Waals surface area contributed by atoms with Crippen LogP contribution in [0.25, 0.3) is 0 Å². The van der Waals surface area contributed by atoms with E-state index in [1.165, 1.54) is 0 Å². The van der Waals surface area contributed by atoms with E-state index in [2.05, 4.69) is 25.3 Å². The highest BCUT2D eigenvalue weighted by Crippen LogP contribution is 2.45. The van der Waals surface area contributed by atoms with Crippen molar-refractivity contribution in [2.24, 2.45) is 11.5 Å². The number of rotatable bonds is 32. The first-order chi connectivity index (χ1) is 28.5. The summed E-state index contributed by atoms with van der Waals surface area (Å²) in [6.45, 7) is 4.15. The highest BCUT2D eigenvalue weighted by Gasteiger charge is 2.81. The van der Waals surface area contributed by atoms with Crippen molar-refractivity contribution in [1.29, 1.82) is 0 Å². The summed E-state index contributed by atoms with van der Waals surface area (Å²) in [6.07, 6.45) is 11.8. The van der Waals surface area contributed by atoms with Crippen molar-refractivity contribution in [2.45, 2.75) is 212 Å². The number of primary amides is 2. The van der Waals surface area contributed by atoms with Gasteiger partial charge in [-0.3, -0.25) is 9.59 Å². The van der Waals surface area contributed by atoms with Gasteiger partial charge in [0.2, 0.25) is 11.6 Å². The van der Waals surface area contributed by atoms with Crippen molar-refractivity contribution >= 4 is 11.8 Å². The van der Waals surface area contributed by atoms with Crippen molar-refractivity contribution in [1.82, 2.24) is 0 Å². The van der Waals surface area contributed by atoms with Crippen molar-refractivity contribution in [2.75, 3.05) is 0 Å². The highest BCUT2D eigenvalue weighted by atomic mass is 16.7. The van der Waals surface area contributed by atoms with Gasteiger partial charge in [0.05, 0.1) is 0 Å². The van der Waals surface area contributed by atoms with Gasteiger partial charge in [0, 0.05) is 12.8 Å². The van der Waals surface area contributed by atoms with Crippen LogP contribution in [0.15, 0.2) is 0 Å². The van der Waals surface area contributed by atoms with E-state index in [1.807, 2.05) is 0 Å². The summed E-state index contributed by atoms with van der Waals surface area (Å²) < 4.78 is 0. The van der Waals surface area contributed by atoms with Crippen LogP contribution in [-0.4, -0.2) is 204 Å². The lowest BCUT2D eigenvalue weighted by Gasteiger charge is -2.51. The van der Waals surface area contributed by atoms with E-state index in [1.54, 1.807) is 0 Å². The van der Waals surface area contributed by atoms with E-state index in [0.717, 1.165) is 77.0 Å². The van der Waals surface area contributed by atoms with Gasteiger partial charge >= 0.3 is 11.6 Å². The summed E-state index contributed by atoms with van der Waals surface area (Å²) in [7, 11) is 0. The Bertz CT molecular complexity index is 1310. The molecule has 0 atom stereocenters. The first kappa shape index (κ1) is 64.1. The minimum absolute atomic E-state index is 0.126. The smallest absolute Gasteiger partial charge is 0.306 e. The Morgan fingerprint density at radius 2 is 0.453 bits per heavy atom. The zero-order chi connectivity index (χ0) is 51.3. The predicted octanol–water partition coefficient (Wildman–Crippen LogP) is -9.04. The zero-order valence-corrected chi connectivity index (χ0v) is 35.8. The van der Waals surface area contributed by atoms with Crippen molar-refractivity contribution in [3.63, 3.8) is 0 Å². The van der Waals surface area contributed by atoms with E-state index < -0.39 is 94.1 Å². The van der Waals surface area contributed by atoms with Gasteiger partial charge in [-0.25, -0.2) is 0 Å². The maximum atomic E-state index is 11.0. The van der Waals surface area contributed by atoms with E-state index >= 15 is 0 Å². The maximum absolute atomic E-state index is 11.0. The molecule has 0 bridgehead atoms. The molecule has 0 radical (unpaired) electrons. The molecule has 0 fully saturated rings. The van der Waals surface area contributed by atoms with Crippen LogP contribution in [0.1, 0.15) is 142 Å². The molecule has 384 valence electrons. The lowest BCUT2D eigenvalue weighted by molar-refractivity contribution is -0.556. The topological polar surface area (TPSA) is 572 Å². The standard InChI is InChI=1S/2C18H37NO13/c2*1-2-3-4-5-6-7-8-9-10-11-13(21,22)15(25,26)17(29,30)18(31,32)16(27,28)14(23,24)12(19)20/h2*21-32H,2-11H2,1H3,(H2,19,20). The Morgan fingerprint density at radius 1 is 0.281 bits per heavy atom. The van der Waals surface area contributed by atoms with Crippen LogP contribution in [0.4, 0.5) is 0 Å². The van der Waals surface area contributed by atoms with E-state index in [0.29, 0.717) is 25.7 Å². The average molecular weight is 951 g/mol. The van der Waals surface area contributed by atoms with Crippen LogP contribution in [0, 0.1) is 0 Å². The molecule has 0 aromatic carbocycles. The fourth-order valence-electron chi connectivity index (χ4n) is 6.07. The summed E-state index contributed by atoms with van der Waals surface area (Å²) in [4.78, 5) is 22.0. The molecule has 0 spiro atoms. The second-order valence-corrected chi connectivity index (χ2v) is 16.2. The number of nitrogens with two attached hydrogens (primary N) is 2. The van der Waals surface area contributed by atoms with E-state index in [9.17, 15) is 132 Å². The van der Waals surface area contributed by atoms with Crippen LogP contribution in [0.3, 0.4) is 0 Å². The summed E-state index contributed by atoms with van der Waals surface area (Å²) in [5, 5.41) is 234. The molecular weight excluding hydrogens is 876 g/mol. The van der Waals surface area contributed by atoms with Gasteiger partial charge in [-0.2, -0.15) is 0 Å². The average Bonchev–Trinajstić information content (AvgIpc) is 3.15. The van der Waals surface area contributed by atoms with Crippen molar-refractivity contribution in [3.8, 4) is 0 Å². The second-order valence-electron chi connectivity index (χ2n) is 16.2. The Balaban J connectivity index is 0. The molecule has 28 heteroatoms. The lowest BCUT2D eigenvalue weighted by atomic mass is 9.80. The number of carbonyl (C=O) groups is 2. The van der Waals surface area contributed by atoms with Crippen molar-refractivity contribution in [3.05, 3.63) is 0 Å². The quantitative estimate of drug-likeness (QED) is 0.0220. The largest absolute Gasteiger partial charge is 0.365 e. The fourth-order valence-corrected chi connectivity index (χ4v) is 6.07. The number of hydrogen-bond donors (Lipinski definition) is 26. The van der Waals surface area contributed by atoms with Crippen LogP contribution in [-0.2, 0) is 9.59 Å². The molecule has 0 saturated carbocycles. The molecular formula is C36H74N2O26. The van der Waals surface area contributed by atoms with Crippen LogP contribution in [0.5, 0.6) is 0 Å². The van der Waals surface area contributed by atoms with Crippen LogP contribution in [0.2, 0.25) is 0 Å². The van der Waals surface area contributed by atoms with E-state index in [4.69, 9.17) is 0 Å². The molecule has 0 aliphatic heterocycles. The van der Waals surface area contributed by atoms with E-state index in [-0.39, 0.29) is 12.8 Å². The minimum atomic E-state index is -5.21. The second kappa shape index (κ2) is 23.8. The molecule has 0 unspecified atom stereocenters. The predicted molar refractivity (Wildman–Crippen MR) is 208 cm³/mol. The number of unbranched alkanes of at least 4 members (excludes halogenated alkanes) is 16. The first-order valence-corrected chi connectivity index (χ1v) is 20.5. The molecule has 0 aliphatic carbocycles. The Morgan fingerprint density at radius 3 is 0.641 bits per heavy atom. The van der Waals surface area contributed by atoms with Gasteiger partial charge in [0.1, 0.15) is 0 Å². The molecule has 0 saturated heterocycles. The van der Waals surface area contributed by atoms with Gasteiger partial charge in [0.15, 0.2) is 0 Å². The molecule has 0 heterocycles. The molecule has 28 N–H and O–H groups in total. The summed E-state index contributed by atoms with van der Waals surface area (Å²) in [5.74, 6) is -62.3. The van der Waals surface area contributed by atoms with Gasteiger partial charge in [-0.05, 0) is 12.8 Å². The van der Waals surface area contributed by atoms with Gasteiger partial charge in [-0.1, -0.05) is 117 Å². The summed E-state index contributed by atoms with van der Waals surface area (Å²) >= 11 is 0. The summed E-state index contributed by atoms with van der Waals surface area (Å²) in [5.41, 5.74) is 8.93.